The highest BCUT2D eigenvalue weighted by Gasteiger charge is 2.56. The zero-order valence-electron chi connectivity index (χ0n) is 21.0. The van der Waals surface area contributed by atoms with Gasteiger partial charge in [0.25, 0.3) is 0 Å². The second-order valence-electron chi connectivity index (χ2n) is 9.97. The standard InChI is InChI=1S/C28H31BN2O6/c1-31-27(33)20-14-19(16-36-2)25-21(26(20)28(31)34)15-29(35)37-24(25)11-10-17(22-8-5-6-12-30-22)13-18-7-3-4-9-23(18)32/h3-9,12-13,20-21,24,26,32,35H,10-11,14-16H2,1-2H3/b17-13-/t20-,21+,24-,26-/m1/s1. The molecule has 0 unspecified atom stereocenters. The summed E-state index contributed by atoms with van der Waals surface area (Å²) in [6, 6.07) is 12.8. The molecule has 2 saturated heterocycles. The van der Waals surface area contributed by atoms with Gasteiger partial charge in [0.1, 0.15) is 5.75 Å². The predicted molar refractivity (Wildman–Crippen MR) is 139 cm³/mol. The van der Waals surface area contributed by atoms with Crippen LogP contribution in [0.1, 0.15) is 30.5 Å². The van der Waals surface area contributed by atoms with Crippen LogP contribution in [-0.2, 0) is 19.0 Å². The van der Waals surface area contributed by atoms with Crippen molar-refractivity contribution in [2.75, 3.05) is 20.8 Å². The highest BCUT2D eigenvalue weighted by molar-refractivity contribution is 6.43. The van der Waals surface area contributed by atoms with Gasteiger partial charge in [0.05, 0.1) is 30.2 Å². The maximum Gasteiger partial charge on any atom is 0.455 e. The van der Waals surface area contributed by atoms with Crippen LogP contribution in [0.15, 0.2) is 59.8 Å². The maximum atomic E-state index is 13.1. The second-order valence-corrected chi connectivity index (χ2v) is 9.97. The van der Waals surface area contributed by atoms with Gasteiger partial charge in [-0.2, -0.15) is 0 Å². The number of hydrogen-bond acceptors (Lipinski definition) is 7. The fourth-order valence-electron chi connectivity index (χ4n) is 6.14. The van der Waals surface area contributed by atoms with Crippen molar-refractivity contribution in [2.24, 2.45) is 17.8 Å². The van der Waals surface area contributed by atoms with E-state index in [0.29, 0.717) is 31.4 Å². The van der Waals surface area contributed by atoms with E-state index in [9.17, 15) is 19.7 Å². The predicted octanol–water partition coefficient (Wildman–Crippen LogP) is 3.18. The fourth-order valence-corrected chi connectivity index (χ4v) is 6.14. The molecule has 2 amide bonds. The summed E-state index contributed by atoms with van der Waals surface area (Å²) in [6.07, 6.45) is 5.02. The summed E-state index contributed by atoms with van der Waals surface area (Å²) in [5.41, 5.74) is 4.34. The average molecular weight is 502 g/mol. The fraction of sp³-hybridized carbons (Fsp3) is 0.393. The maximum absolute atomic E-state index is 13.1. The number of carbonyl (C=O) groups excluding carboxylic acids is 2. The summed E-state index contributed by atoms with van der Waals surface area (Å²) in [7, 11) is 2.12. The van der Waals surface area contributed by atoms with Crippen LogP contribution in [-0.4, -0.2) is 65.8 Å². The minimum atomic E-state index is -1.03. The molecule has 1 aromatic carbocycles. The summed E-state index contributed by atoms with van der Waals surface area (Å²) >= 11 is 0. The van der Waals surface area contributed by atoms with E-state index in [1.807, 2.05) is 36.4 Å². The topological polar surface area (TPSA) is 109 Å². The first-order valence-electron chi connectivity index (χ1n) is 12.6. The lowest BCUT2D eigenvalue weighted by atomic mass is 9.58. The molecule has 192 valence electrons. The number of ether oxygens (including phenoxy) is 1. The number of allylic oxidation sites excluding steroid dienone is 1. The first kappa shape index (κ1) is 25.4. The number of fused-ring (bicyclic) bond motifs is 3. The van der Waals surface area contributed by atoms with E-state index in [1.54, 1.807) is 25.4 Å². The Labute approximate surface area is 216 Å². The van der Waals surface area contributed by atoms with Crippen molar-refractivity contribution in [2.45, 2.75) is 31.7 Å². The van der Waals surface area contributed by atoms with Crippen LogP contribution in [0.25, 0.3) is 11.6 Å². The Morgan fingerprint density at radius 3 is 2.70 bits per heavy atom. The Morgan fingerprint density at radius 2 is 1.97 bits per heavy atom. The number of carbonyl (C=O) groups is 2. The van der Waals surface area contributed by atoms with E-state index in [0.717, 1.165) is 22.4 Å². The largest absolute Gasteiger partial charge is 0.507 e. The normalized spacial score (nSPS) is 26.0. The van der Waals surface area contributed by atoms with Gasteiger partial charge in [0.15, 0.2) is 0 Å². The molecule has 4 atom stereocenters. The third-order valence-corrected chi connectivity index (χ3v) is 7.78. The van der Waals surface area contributed by atoms with Crippen molar-refractivity contribution >= 4 is 30.6 Å². The highest BCUT2D eigenvalue weighted by Crippen LogP contribution is 2.50. The van der Waals surface area contributed by atoms with Gasteiger partial charge in [0, 0.05) is 25.9 Å². The van der Waals surface area contributed by atoms with Gasteiger partial charge >= 0.3 is 7.12 Å². The first-order valence-corrected chi connectivity index (χ1v) is 12.6. The summed E-state index contributed by atoms with van der Waals surface area (Å²) < 4.78 is 11.6. The van der Waals surface area contributed by atoms with Gasteiger partial charge in [-0.25, -0.2) is 0 Å². The van der Waals surface area contributed by atoms with Crippen LogP contribution < -0.4 is 0 Å². The molecule has 3 aliphatic rings. The van der Waals surface area contributed by atoms with E-state index >= 15 is 0 Å². The van der Waals surface area contributed by atoms with Crippen molar-refractivity contribution in [1.29, 1.82) is 0 Å². The summed E-state index contributed by atoms with van der Waals surface area (Å²) in [5.74, 6) is -1.36. The molecule has 8 nitrogen and oxygen atoms in total. The van der Waals surface area contributed by atoms with Crippen LogP contribution in [0.3, 0.4) is 0 Å². The molecule has 0 saturated carbocycles. The Hall–Kier alpha value is -3.27. The van der Waals surface area contributed by atoms with E-state index in [4.69, 9.17) is 9.39 Å². The monoisotopic (exact) mass is 502 g/mol. The number of methoxy groups -OCH3 is 1. The Bertz CT molecular complexity index is 1250. The number of phenols is 1. The second kappa shape index (κ2) is 10.6. The number of amides is 2. The number of benzene rings is 1. The molecule has 0 spiro atoms. The number of imide groups is 1. The number of para-hydroxylation sites is 1. The van der Waals surface area contributed by atoms with Crippen LogP contribution in [0, 0.1) is 17.8 Å². The number of aromatic nitrogens is 1. The lowest BCUT2D eigenvalue weighted by Gasteiger charge is -2.43. The van der Waals surface area contributed by atoms with Crippen molar-refractivity contribution < 1.29 is 29.1 Å². The molecule has 9 heteroatoms. The Balaban J connectivity index is 1.48. The molecule has 2 fully saturated rings. The van der Waals surface area contributed by atoms with Crippen molar-refractivity contribution in [1.82, 2.24) is 9.88 Å². The third-order valence-electron chi connectivity index (χ3n) is 7.78. The molecule has 0 radical (unpaired) electrons. The summed E-state index contributed by atoms with van der Waals surface area (Å²) in [5, 5.41) is 21.0. The van der Waals surface area contributed by atoms with Crippen LogP contribution in [0.4, 0.5) is 0 Å². The van der Waals surface area contributed by atoms with E-state index < -0.39 is 25.1 Å². The molecular weight excluding hydrogens is 471 g/mol. The van der Waals surface area contributed by atoms with Gasteiger partial charge in [-0.3, -0.25) is 19.5 Å². The molecule has 0 bridgehead atoms. The smallest absolute Gasteiger partial charge is 0.455 e. The molecule has 2 N–H and O–H groups in total. The zero-order valence-corrected chi connectivity index (χ0v) is 21.0. The Kier molecular flexibility index (Phi) is 7.28. The minimum absolute atomic E-state index is 0.164. The summed E-state index contributed by atoms with van der Waals surface area (Å²) in [6.45, 7) is 0.344. The molecule has 2 aromatic rings. The molecule has 2 aliphatic heterocycles. The van der Waals surface area contributed by atoms with E-state index in [-0.39, 0.29) is 29.8 Å². The van der Waals surface area contributed by atoms with Crippen molar-refractivity contribution in [3.8, 4) is 5.75 Å². The first-order chi connectivity index (χ1) is 17.9. The van der Waals surface area contributed by atoms with Crippen molar-refractivity contribution in [3.63, 3.8) is 0 Å². The molecule has 5 rings (SSSR count). The number of likely N-dealkylation sites (tertiary alicyclic amines) is 1. The number of phenolic OH excluding ortho intramolecular Hbond substituents is 1. The van der Waals surface area contributed by atoms with Crippen LogP contribution >= 0.6 is 0 Å². The van der Waals surface area contributed by atoms with E-state index in [1.165, 1.54) is 11.9 Å². The summed E-state index contributed by atoms with van der Waals surface area (Å²) in [4.78, 5) is 31.6. The van der Waals surface area contributed by atoms with Crippen molar-refractivity contribution in [3.05, 3.63) is 71.1 Å². The SMILES string of the molecule is COCC1=C2[C@@H](CC/C(=C/c3ccccc3O)c3ccccn3)OB(O)C[C@@H]2[C@@H]2C(=O)N(C)C(=O)[C@@H]2C1. The van der Waals surface area contributed by atoms with E-state index in [2.05, 4.69) is 4.98 Å². The third kappa shape index (κ3) is 4.86. The molecule has 1 aromatic heterocycles. The van der Waals surface area contributed by atoms with Gasteiger partial charge in [-0.1, -0.05) is 24.3 Å². The van der Waals surface area contributed by atoms with Crippen LogP contribution in [0.5, 0.6) is 5.75 Å². The lowest BCUT2D eigenvalue weighted by molar-refractivity contribution is -0.138. The molecule has 37 heavy (non-hydrogen) atoms. The number of hydrogen-bond donors (Lipinski definition) is 2. The quantitative estimate of drug-likeness (QED) is 0.340. The molecular formula is C28H31BN2O6. The number of nitrogens with zero attached hydrogens (tertiary/aromatic N) is 2. The number of rotatable bonds is 7. The van der Waals surface area contributed by atoms with Crippen LogP contribution in [0.2, 0.25) is 6.32 Å². The number of aromatic hydroxyl groups is 1. The average Bonchev–Trinajstić information content (AvgIpc) is 3.11. The molecule has 3 heterocycles. The van der Waals surface area contributed by atoms with Gasteiger partial charge < -0.3 is 19.5 Å². The lowest BCUT2D eigenvalue weighted by Crippen LogP contribution is -2.46. The number of pyridine rings is 1. The minimum Gasteiger partial charge on any atom is -0.507 e. The van der Waals surface area contributed by atoms with Gasteiger partial charge in [-0.05, 0) is 72.5 Å². The highest BCUT2D eigenvalue weighted by atomic mass is 16.5. The van der Waals surface area contributed by atoms with Gasteiger partial charge in [0.2, 0.25) is 11.8 Å². The van der Waals surface area contributed by atoms with Gasteiger partial charge in [-0.15, -0.1) is 0 Å². The Morgan fingerprint density at radius 1 is 1.19 bits per heavy atom. The molecule has 1 aliphatic carbocycles. The zero-order chi connectivity index (χ0) is 26.1.